The topological polar surface area (TPSA) is 83.1 Å². The summed E-state index contributed by atoms with van der Waals surface area (Å²) in [5, 5.41) is 5.68. The standard InChI is InChI=1S/C25H29FN4O4/c1-3-34-24(31)22-21(27-25(32)28-23(22)17-4-10-20(33-2)11-5-17)16-29-12-14-30(15-13-29)19-8-6-18(26)7-9-19/h4-11,23H,3,12-16H2,1-2H3,(H2,27,28,32)/t23-/m1/s1. The van der Waals surface area contributed by atoms with E-state index in [9.17, 15) is 14.0 Å². The third kappa shape index (κ3) is 5.31. The number of nitrogens with zero attached hydrogens (tertiary/aromatic N) is 2. The molecule has 0 radical (unpaired) electrons. The molecule has 1 saturated heterocycles. The Balaban J connectivity index is 1.54. The highest BCUT2D eigenvalue weighted by molar-refractivity contribution is 5.95. The summed E-state index contributed by atoms with van der Waals surface area (Å²) < 4.78 is 23.8. The Morgan fingerprint density at radius 2 is 1.74 bits per heavy atom. The molecule has 9 heteroatoms. The fourth-order valence-electron chi connectivity index (χ4n) is 4.28. The lowest BCUT2D eigenvalue weighted by atomic mass is 9.94. The van der Waals surface area contributed by atoms with Gasteiger partial charge in [-0.25, -0.2) is 14.0 Å². The van der Waals surface area contributed by atoms with Gasteiger partial charge in [-0.05, 0) is 48.9 Å². The van der Waals surface area contributed by atoms with Crippen molar-refractivity contribution in [2.45, 2.75) is 13.0 Å². The number of hydrogen-bond acceptors (Lipinski definition) is 6. The van der Waals surface area contributed by atoms with E-state index < -0.39 is 12.0 Å². The molecule has 0 saturated carbocycles. The molecule has 1 atom stereocenters. The van der Waals surface area contributed by atoms with Gasteiger partial charge in [0.1, 0.15) is 11.6 Å². The van der Waals surface area contributed by atoms with E-state index in [4.69, 9.17) is 9.47 Å². The monoisotopic (exact) mass is 468 g/mol. The van der Waals surface area contributed by atoms with E-state index in [-0.39, 0.29) is 18.5 Å². The summed E-state index contributed by atoms with van der Waals surface area (Å²) in [4.78, 5) is 29.9. The average Bonchev–Trinajstić information content (AvgIpc) is 2.85. The van der Waals surface area contributed by atoms with Crippen LogP contribution in [0.3, 0.4) is 0 Å². The highest BCUT2D eigenvalue weighted by atomic mass is 19.1. The zero-order chi connectivity index (χ0) is 24.1. The smallest absolute Gasteiger partial charge is 0.338 e. The number of anilines is 1. The number of esters is 1. The second-order valence-corrected chi connectivity index (χ2v) is 8.16. The highest BCUT2D eigenvalue weighted by Crippen LogP contribution is 2.29. The first kappa shape index (κ1) is 23.6. The third-order valence-corrected chi connectivity index (χ3v) is 6.04. The summed E-state index contributed by atoms with van der Waals surface area (Å²) in [7, 11) is 1.58. The van der Waals surface area contributed by atoms with Crippen LogP contribution < -0.4 is 20.3 Å². The molecule has 0 aliphatic carbocycles. The summed E-state index contributed by atoms with van der Waals surface area (Å²) in [6, 6.07) is 12.7. The van der Waals surface area contributed by atoms with Crippen molar-refractivity contribution in [3.05, 3.63) is 71.2 Å². The Labute approximate surface area is 198 Å². The molecule has 4 rings (SSSR count). The molecule has 0 spiro atoms. The number of hydrogen-bond donors (Lipinski definition) is 2. The fraction of sp³-hybridized carbons (Fsp3) is 0.360. The maximum Gasteiger partial charge on any atom is 0.338 e. The average molecular weight is 469 g/mol. The first-order valence-electron chi connectivity index (χ1n) is 11.3. The van der Waals surface area contributed by atoms with Gasteiger partial charge in [-0.1, -0.05) is 12.1 Å². The summed E-state index contributed by atoms with van der Waals surface area (Å²) >= 11 is 0. The number of rotatable bonds is 7. The number of benzene rings is 2. The van der Waals surface area contributed by atoms with Gasteiger partial charge < -0.3 is 25.0 Å². The molecule has 2 N–H and O–H groups in total. The van der Waals surface area contributed by atoms with Gasteiger partial charge >= 0.3 is 12.0 Å². The first-order valence-corrected chi connectivity index (χ1v) is 11.3. The van der Waals surface area contributed by atoms with E-state index in [0.717, 1.165) is 37.4 Å². The van der Waals surface area contributed by atoms with Gasteiger partial charge in [0.2, 0.25) is 0 Å². The lowest BCUT2D eigenvalue weighted by molar-refractivity contribution is -0.139. The number of ether oxygens (including phenoxy) is 2. The van der Waals surface area contributed by atoms with E-state index in [1.54, 1.807) is 38.3 Å². The van der Waals surface area contributed by atoms with Crippen molar-refractivity contribution in [2.24, 2.45) is 0 Å². The molecule has 0 unspecified atom stereocenters. The van der Waals surface area contributed by atoms with E-state index in [0.29, 0.717) is 23.6 Å². The van der Waals surface area contributed by atoms with Crippen molar-refractivity contribution in [3.8, 4) is 5.75 Å². The summed E-state index contributed by atoms with van der Waals surface area (Å²) in [5.74, 6) is -0.0328. The molecule has 2 heterocycles. The van der Waals surface area contributed by atoms with Crippen molar-refractivity contribution >= 4 is 17.7 Å². The predicted octanol–water partition coefficient (Wildman–Crippen LogP) is 2.83. The molecule has 2 aromatic rings. The van der Waals surface area contributed by atoms with E-state index >= 15 is 0 Å². The normalized spacial score (nSPS) is 18.9. The second kappa shape index (κ2) is 10.6. The predicted molar refractivity (Wildman–Crippen MR) is 126 cm³/mol. The number of carbonyl (C=O) groups is 2. The Bertz CT molecular complexity index is 1050. The maximum absolute atomic E-state index is 13.2. The fourth-order valence-corrected chi connectivity index (χ4v) is 4.28. The molecule has 8 nitrogen and oxygen atoms in total. The van der Waals surface area contributed by atoms with Crippen molar-refractivity contribution in [1.29, 1.82) is 0 Å². The van der Waals surface area contributed by atoms with Crippen LogP contribution in [0, 0.1) is 5.82 Å². The molecule has 180 valence electrons. The SMILES string of the molecule is CCOC(=O)C1=C(CN2CCN(c3ccc(F)cc3)CC2)NC(=O)N[C@@H]1c1ccc(OC)cc1. The van der Waals surface area contributed by atoms with Gasteiger partial charge in [0, 0.05) is 44.1 Å². The molecule has 0 aromatic heterocycles. The highest BCUT2D eigenvalue weighted by Gasteiger charge is 2.34. The summed E-state index contributed by atoms with van der Waals surface area (Å²) in [6.45, 7) is 5.36. The third-order valence-electron chi connectivity index (χ3n) is 6.04. The van der Waals surface area contributed by atoms with Crippen LogP contribution in [0.1, 0.15) is 18.5 Å². The second-order valence-electron chi connectivity index (χ2n) is 8.16. The largest absolute Gasteiger partial charge is 0.497 e. The molecule has 1 fully saturated rings. The van der Waals surface area contributed by atoms with Crippen LogP contribution in [0.25, 0.3) is 0 Å². The van der Waals surface area contributed by atoms with Crippen LogP contribution >= 0.6 is 0 Å². The minimum Gasteiger partial charge on any atom is -0.497 e. The van der Waals surface area contributed by atoms with Crippen molar-refractivity contribution in [2.75, 3.05) is 51.3 Å². The molecule has 2 aliphatic rings. The molecule has 2 amide bonds. The number of nitrogens with one attached hydrogen (secondary N) is 2. The van der Waals surface area contributed by atoms with Crippen LogP contribution in [-0.4, -0.2) is 63.3 Å². The van der Waals surface area contributed by atoms with Crippen LogP contribution in [0.5, 0.6) is 5.75 Å². The Morgan fingerprint density at radius 3 is 2.35 bits per heavy atom. The molecule has 2 aromatic carbocycles. The van der Waals surface area contributed by atoms with Crippen molar-refractivity contribution in [3.63, 3.8) is 0 Å². The number of carbonyl (C=O) groups excluding carboxylic acids is 2. The molecule has 2 aliphatic heterocycles. The van der Waals surface area contributed by atoms with E-state index in [2.05, 4.69) is 20.4 Å². The van der Waals surface area contributed by atoms with Gasteiger partial charge in [-0.15, -0.1) is 0 Å². The number of urea groups is 1. The molecular formula is C25H29FN4O4. The number of amides is 2. The van der Waals surface area contributed by atoms with Crippen LogP contribution in [0.15, 0.2) is 59.8 Å². The van der Waals surface area contributed by atoms with Gasteiger partial charge in [0.25, 0.3) is 0 Å². The molecular weight excluding hydrogens is 439 g/mol. The first-order chi connectivity index (χ1) is 16.5. The lowest BCUT2D eigenvalue weighted by Gasteiger charge is -2.38. The molecule has 0 bridgehead atoms. The van der Waals surface area contributed by atoms with Crippen LogP contribution in [0.2, 0.25) is 0 Å². The van der Waals surface area contributed by atoms with E-state index in [1.807, 2.05) is 12.1 Å². The minimum atomic E-state index is -0.630. The minimum absolute atomic E-state index is 0.231. The van der Waals surface area contributed by atoms with E-state index in [1.165, 1.54) is 12.1 Å². The van der Waals surface area contributed by atoms with Crippen LogP contribution in [0.4, 0.5) is 14.9 Å². The van der Waals surface area contributed by atoms with Crippen molar-refractivity contribution < 1.29 is 23.5 Å². The Kier molecular flexibility index (Phi) is 7.32. The van der Waals surface area contributed by atoms with Crippen LogP contribution in [-0.2, 0) is 9.53 Å². The zero-order valence-corrected chi connectivity index (χ0v) is 19.3. The van der Waals surface area contributed by atoms with Gasteiger partial charge in [-0.2, -0.15) is 0 Å². The maximum atomic E-state index is 13.2. The quantitative estimate of drug-likeness (QED) is 0.608. The lowest BCUT2D eigenvalue weighted by Crippen LogP contribution is -2.51. The Morgan fingerprint density at radius 1 is 1.06 bits per heavy atom. The summed E-state index contributed by atoms with van der Waals surface area (Å²) in [5.41, 5.74) is 2.67. The molecule has 34 heavy (non-hydrogen) atoms. The zero-order valence-electron chi connectivity index (χ0n) is 19.3. The number of piperazine rings is 1. The summed E-state index contributed by atoms with van der Waals surface area (Å²) in [6.07, 6.45) is 0. The number of halogens is 1. The van der Waals surface area contributed by atoms with Gasteiger partial charge in [0.05, 0.1) is 25.3 Å². The number of methoxy groups -OCH3 is 1. The van der Waals surface area contributed by atoms with Crippen molar-refractivity contribution in [1.82, 2.24) is 15.5 Å². The Hall–Kier alpha value is -3.59. The van der Waals surface area contributed by atoms with Gasteiger partial charge in [-0.3, -0.25) is 4.90 Å². The van der Waals surface area contributed by atoms with Gasteiger partial charge in [0.15, 0.2) is 0 Å².